The van der Waals surface area contributed by atoms with Gasteiger partial charge in [-0.05, 0) is 31.5 Å². The van der Waals surface area contributed by atoms with Crippen LogP contribution in [0.15, 0.2) is 48.9 Å². The molecule has 1 fully saturated rings. The summed E-state index contributed by atoms with van der Waals surface area (Å²) in [5.41, 5.74) is 1.73. The number of nitrogens with zero attached hydrogens (tertiary/aromatic N) is 3. The lowest BCUT2D eigenvalue weighted by atomic mass is 10.1. The first-order valence-corrected chi connectivity index (χ1v) is 8.24. The van der Waals surface area contributed by atoms with Crippen LogP contribution in [0.3, 0.4) is 0 Å². The third-order valence-corrected chi connectivity index (χ3v) is 5.53. The summed E-state index contributed by atoms with van der Waals surface area (Å²) in [5.74, 6) is 0.476. The van der Waals surface area contributed by atoms with Crippen LogP contribution in [0.25, 0.3) is 17.0 Å². The molecule has 2 aromatic heterocycles. The first kappa shape index (κ1) is 15.4. The molecular weight excluding hydrogens is 347 g/mol. The Morgan fingerprint density at radius 3 is 2.62 bits per heavy atom. The van der Waals surface area contributed by atoms with E-state index in [1.165, 1.54) is 0 Å². The molecule has 1 unspecified atom stereocenters. The number of rotatable bonds is 3. The number of fused-ring (bicyclic) bond motifs is 1. The van der Waals surface area contributed by atoms with Crippen LogP contribution >= 0.6 is 23.2 Å². The maximum atomic E-state index is 12.3. The molecule has 7 heteroatoms. The molecule has 1 saturated carbocycles. The van der Waals surface area contributed by atoms with Crippen molar-refractivity contribution in [1.82, 2.24) is 14.4 Å². The van der Waals surface area contributed by atoms with Gasteiger partial charge in [0.15, 0.2) is 0 Å². The van der Waals surface area contributed by atoms with Crippen molar-refractivity contribution in [3.05, 3.63) is 48.9 Å². The van der Waals surface area contributed by atoms with Gasteiger partial charge in [-0.25, -0.2) is 9.97 Å². The zero-order chi connectivity index (χ0) is 16.9. The quantitative estimate of drug-likeness (QED) is 0.720. The Hall–Kier alpha value is -2.11. The van der Waals surface area contributed by atoms with Crippen molar-refractivity contribution >= 4 is 40.6 Å². The number of benzene rings is 1. The van der Waals surface area contributed by atoms with Crippen LogP contribution in [0.2, 0.25) is 0 Å². The number of nitrogens with one attached hydrogen (secondary N) is 1. The zero-order valence-electron chi connectivity index (χ0n) is 12.8. The Balaban J connectivity index is 1.54. The van der Waals surface area contributed by atoms with Gasteiger partial charge >= 0.3 is 0 Å². The van der Waals surface area contributed by atoms with Gasteiger partial charge < -0.3 is 5.32 Å². The van der Waals surface area contributed by atoms with E-state index in [0.29, 0.717) is 17.9 Å². The highest BCUT2D eigenvalue weighted by Gasteiger charge is 2.67. The second-order valence-electron chi connectivity index (χ2n) is 6.20. The summed E-state index contributed by atoms with van der Waals surface area (Å²) in [6.07, 6.45) is 5.98. The van der Waals surface area contributed by atoms with Gasteiger partial charge in [-0.15, -0.1) is 23.2 Å². The number of alkyl halides is 2. The van der Waals surface area contributed by atoms with E-state index in [4.69, 9.17) is 23.2 Å². The highest BCUT2D eigenvalue weighted by Crippen LogP contribution is 2.64. The molecule has 2 heterocycles. The molecule has 1 aliphatic rings. The number of amides is 1. The maximum absolute atomic E-state index is 12.3. The molecule has 1 atom stereocenters. The SMILES string of the molecule is CC1(C(=O)Nc2ccc(-c3cn4cccnc4n3)cc2)CC1(Cl)Cl. The summed E-state index contributed by atoms with van der Waals surface area (Å²) in [6.45, 7) is 1.76. The van der Waals surface area contributed by atoms with Crippen molar-refractivity contribution in [1.29, 1.82) is 0 Å². The molecule has 0 aliphatic heterocycles. The molecule has 0 saturated heterocycles. The molecule has 1 aromatic carbocycles. The normalized spacial score (nSPS) is 21.6. The monoisotopic (exact) mass is 360 g/mol. The lowest BCUT2D eigenvalue weighted by Gasteiger charge is -2.12. The van der Waals surface area contributed by atoms with E-state index in [2.05, 4.69) is 15.3 Å². The molecule has 122 valence electrons. The van der Waals surface area contributed by atoms with Crippen LogP contribution in [0.4, 0.5) is 5.69 Å². The number of hydrogen-bond donors (Lipinski definition) is 1. The van der Waals surface area contributed by atoms with Crippen molar-refractivity contribution in [2.24, 2.45) is 5.41 Å². The highest BCUT2D eigenvalue weighted by molar-refractivity contribution is 6.53. The van der Waals surface area contributed by atoms with Crippen LogP contribution < -0.4 is 5.32 Å². The standard InChI is InChI=1S/C17H14Cl2N4O/c1-16(10-17(16,18)19)14(24)21-12-5-3-11(4-6-12)13-9-23-8-2-7-20-15(23)22-13/h2-9H,10H2,1H3,(H,21,24). The van der Waals surface area contributed by atoms with Gasteiger partial charge in [0.1, 0.15) is 4.33 Å². The van der Waals surface area contributed by atoms with E-state index in [1.54, 1.807) is 13.1 Å². The van der Waals surface area contributed by atoms with E-state index in [0.717, 1.165) is 11.3 Å². The van der Waals surface area contributed by atoms with Crippen LogP contribution in [0.1, 0.15) is 13.3 Å². The maximum Gasteiger partial charge on any atom is 0.234 e. The third kappa shape index (κ3) is 2.44. The lowest BCUT2D eigenvalue weighted by molar-refractivity contribution is -0.120. The summed E-state index contributed by atoms with van der Waals surface area (Å²) in [4.78, 5) is 21.0. The minimum Gasteiger partial charge on any atom is -0.326 e. The Labute approximate surface area is 148 Å². The number of aromatic nitrogens is 3. The summed E-state index contributed by atoms with van der Waals surface area (Å²) in [7, 11) is 0. The second kappa shape index (κ2) is 5.19. The minimum atomic E-state index is -0.972. The fourth-order valence-corrected chi connectivity index (χ4v) is 3.31. The van der Waals surface area contributed by atoms with Crippen molar-refractivity contribution in [3.63, 3.8) is 0 Å². The van der Waals surface area contributed by atoms with Crippen molar-refractivity contribution in [3.8, 4) is 11.3 Å². The molecule has 4 rings (SSSR count). The van der Waals surface area contributed by atoms with Gasteiger partial charge in [0.25, 0.3) is 0 Å². The first-order chi connectivity index (χ1) is 11.4. The Morgan fingerprint density at radius 1 is 1.29 bits per heavy atom. The second-order valence-corrected chi connectivity index (χ2v) is 7.68. The first-order valence-electron chi connectivity index (χ1n) is 7.48. The largest absolute Gasteiger partial charge is 0.326 e. The summed E-state index contributed by atoms with van der Waals surface area (Å²) >= 11 is 12.1. The molecule has 1 amide bonds. The van der Waals surface area contributed by atoms with Gasteiger partial charge in [0, 0.05) is 29.8 Å². The van der Waals surface area contributed by atoms with E-state index >= 15 is 0 Å². The van der Waals surface area contributed by atoms with E-state index < -0.39 is 9.75 Å². The van der Waals surface area contributed by atoms with Gasteiger partial charge in [0.2, 0.25) is 11.7 Å². The number of carbonyl (C=O) groups excluding carboxylic acids is 1. The molecule has 0 bridgehead atoms. The molecule has 0 spiro atoms. The highest BCUT2D eigenvalue weighted by atomic mass is 35.5. The molecule has 1 aliphatic carbocycles. The molecule has 0 radical (unpaired) electrons. The van der Waals surface area contributed by atoms with Gasteiger partial charge in [-0.2, -0.15) is 0 Å². The minimum absolute atomic E-state index is 0.169. The van der Waals surface area contributed by atoms with E-state index in [1.807, 2.05) is 47.1 Å². The van der Waals surface area contributed by atoms with Crippen LogP contribution in [0, 0.1) is 5.41 Å². The average Bonchev–Trinajstić information content (AvgIpc) is 2.92. The Bertz CT molecular complexity index is 902. The van der Waals surface area contributed by atoms with Gasteiger partial charge in [-0.3, -0.25) is 9.20 Å². The summed E-state index contributed by atoms with van der Waals surface area (Å²) in [6, 6.07) is 9.33. The Morgan fingerprint density at radius 2 is 2.00 bits per heavy atom. The smallest absolute Gasteiger partial charge is 0.234 e. The number of imidazole rings is 1. The van der Waals surface area contributed by atoms with Gasteiger partial charge in [-0.1, -0.05) is 12.1 Å². The molecule has 24 heavy (non-hydrogen) atoms. The van der Waals surface area contributed by atoms with E-state index in [-0.39, 0.29) is 5.91 Å². The predicted octanol–water partition coefficient (Wildman–Crippen LogP) is 3.92. The van der Waals surface area contributed by atoms with Crippen LogP contribution in [-0.2, 0) is 4.79 Å². The van der Waals surface area contributed by atoms with Crippen LogP contribution in [0.5, 0.6) is 0 Å². The zero-order valence-corrected chi connectivity index (χ0v) is 14.3. The molecule has 5 nitrogen and oxygen atoms in total. The topological polar surface area (TPSA) is 59.3 Å². The molecule has 3 aromatic rings. The third-order valence-electron chi connectivity index (χ3n) is 4.43. The number of halogens is 2. The number of hydrogen-bond acceptors (Lipinski definition) is 3. The van der Waals surface area contributed by atoms with Crippen molar-refractivity contribution in [2.75, 3.05) is 5.32 Å². The molecule has 1 N–H and O–H groups in total. The number of carbonyl (C=O) groups is 1. The van der Waals surface area contributed by atoms with Crippen molar-refractivity contribution in [2.45, 2.75) is 17.7 Å². The van der Waals surface area contributed by atoms with Crippen LogP contribution in [-0.4, -0.2) is 24.6 Å². The predicted molar refractivity (Wildman–Crippen MR) is 94.2 cm³/mol. The fraction of sp³-hybridized carbons (Fsp3) is 0.235. The van der Waals surface area contributed by atoms with Gasteiger partial charge in [0.05, 0.1) is 11.1 Å². The average molecular weight is 361 g/mol. The fourth-order valence-electron chi connectivity index (χ4n) is 2.61. The van der Waals surface area contributed by atoms with E-state index in [9.17, 15) is 4.79 Å². The van der Waals surface area contributed by atoms with Crippen molar-refractivity contribution < 1.29 is 4.79 Å². The summed E-state index contributed by atoms with van der Waals surface area (Å²) < 4.78 is 0.889. The summed E-state index contributed by atoms with van der Waals surface area (Å²) in [5, 5.41) is 2.86. The lowest BCUT2D eigenvalue weighted by Crippen LogP contribution is -2.25. The number of anilines is 1. The Kier molecular flexibility index (Phi) is 3.34. The molecular formula is C17H14Cl2N4O.